The van der Waals surface area contributed by atoms with Crippen LogP contribution < -0.4 is 0 Å². The fourth-order valence-electron chi connectivity index (χ4n) is 1.89. The van der Waals surface area contributed by atoms with E-state index in [1.807, 2.05) is 0 Å². The van der Waals surface area contributed by atoms with E-state index in [0.29, 0.717) is 16.1 Å². The number of benzene rings is 2. The van der Waals surface area contributed by atoms with Gasteiger partial charge in [-0.2, -0.15) is 4.89 Å². The van der Waals surface area contributed by atoms with Crippen LogP contribution in [0.15, 0.2) is 48.5 Å². The maximum atomic E-state index is 12.2. The van der Waals surface area contributed by atoms with Crippen LogP contribution in [0, 0.1) is 0 Å². The average Bonchev–Trinajstić information content (AvgIpc) is 2.53. The SMILES string of the molecule is CC(C)(C)OOC(=O)c1ccc(CC(=O)c2ccc(Cl)cc2)cc1. The molecule has 0 saturated heterocycles. The lowest BCUT2D eigenvalue weighted by atomic mass is 10.0. The van der Waals surface area contributed by atoms with Gasteiger partial charge in [0.1, 0.15) is 5.60 Å². The number of rotatable bonds is 5. The molecule has 0 aliphatic carbocycles. The van der Waals surface area contributed by atoms with Gasteiger partial charge >= 0.3 is 5.97 Å². The highest BCUT2D eigenvalue weighted by atomic mass is 35.5. The molecule has 4 nitrogen and oxygen atoms in total. The van der Waals surface area contributed by atoms with Crippen LogP contribution in [0.1, 0.15) is 47.1 Å². The summed E-state index contributed by atoms with van der Waals surface area (Å²) >= 11 is 5.81. The van der Waals surface area contributed by atoms with Crippen LogP contribution in [0.4, 0.5) is 0 Å². The van der Waals surface area contributed by atoms with Crippen LogP contribution in [0.3, 0.4) is 0 Å². The van der Waals surface area contributed by atoms with Gasteiger partial charge in [-0.25, -0.2) is 4.79 Å². The molecule has 0 spiro atoms. The predicted molar refractivity (Wildman–Crippen MR) is 92.2 cm³/mol. The van der Waals surface area contributed by atoms with Crippen LogP contribution in [0.25, 0.3) is 0 Å². The molecule has 2 aromatic rings. The van der Waals surface area contributed by atoms with Crippen molar-refractivity contribution >= 4 is 23.4 Å². The Morgan fingerprint density at radius 2 is 1.46 bits per heavy atom. The normalized spacial score (nSPS) is 11.2. The molecule has 0 unspecified atom stereocenters. The minimum absolute atomic E-state index is 0.0157. The second kappa shape index (κ2) is 7.60. The molecule has 0 aromatic heterocycles. The topological polar surface area (TPSA) is 52.6 Å². The van der Waals surface area contributed by atoms with Crippen LogP contribution in [-0.2, 0) is 16.2 Å². The van der Waals surface area contributed by atoms with Crippen molar-refractivity contribution in [2.24, 2.45) is 0 Å². The van der Waals surface area contributed by atoms with Gasteiger partial charge in [0.15, 0.2) is 5.78 Å². The highest BCUT2D eigenvalue weighted by Gasteiger charge is 2.16. The minimum atomic E-state index is -0.569. The summed E-state index contributed by atoms with van der Waals surface area (Å²) < 4.78 is 0. The van der Waals surface area contributed by atoms with Gasteiger partial charge in [-0.05, 0) is 62.7 Å². The molecule has 0 saturated carbocycles. The van der Waals surface area contributed by atoms with Crippen molar-refractivity contribution in [2.75, 3.05) is 0 Å². The molecule has 0 radical (unpaired) electrons. The fourth-order valence-corrected chi connectivity index (χ4v) is 2.02. The highest BCUT2D eigenvalue weighted by molar-refractivity contribution is 6.30. The van der Waals surface area contributed by atoms with Gasteiger partial charge in [-0.1, -0.05) is 23.7 Å². The van der Waals surface area contributed by atoms with Gasteiger partial charge in [-0.3, -0.25) is 9.68 Å². The molecule has 2 aromatic carbocycles. The molecule has 0 heterocycles. The molecule has 0 atom stereocenters. The first kappa shape index (κ1) is 18.2. The summed E-state index contributed by atoms with van der Waals surface area (Å²) in [5.74, 6) is -0.585. The Bertz CT molecular complexity index is 713. The molecule has 0 bridgehead atoms. The molecule has 2 rings (SSSR count). The van der Waals surface area contributed by atoms with Crippen molar-refractivity contribution in [1.82, 2.24) is 0 Å². The van der Waals surface area contributed by atoms with Crippen molar-refractivity contribution in [3.8, 4) is 0 Å². The molecule has 0 N–H and O–H groups in total. The average molecular weight is 347 g/mol. The van der Waals surface area contributed by atoms with E-state index in [1.54, 1.807) is 69.3 Å². The molecule has 5 heteroatoms. The number of Topliss-reactive ketones (excluding diaryl/α,β-unsaturated/α-hetero) is 1. The number of hydrogen-bond donors (Lipinski definition) is 0. The highest BCUT2D eigenvalue weighted by Crippen LogP contribution is 2.14. The van der Waals surface area contributed by atoms with E-state index in [-0.39, 0.29) is 12.2 Å². The van der Waals surface area contributed by atoms with Gasteiger partial charge in [0, 0.05) is 17.0 Å². The third-order valence-electron chi connectivity index (χ3n) is 3.09. The first-order valence-corrected chi connectivity index (χ1v) is 7.90. The van der Waals surface area contributed by atoms with E-state index in [1.165, 1.54) is 0 Å². The molecule has 0 aliphatic rings. The standard InChI is InChI=1S/C19H19ClO4/c1-19(2,3)24-23-18(22)15-6-4-13(5-7-15)12-17(21)14-8-10-16(20)11-9-14/h4-11H,12H2,1-3H3. The number of hydrogen-bond acceptors (Lipinski definition) is 4. The molecular weight excluding hydrogens is 328 g/mol. The second-order valence-electron chi connectivity index (χ2n) is 6.37. The first-order chi connectivity index (χ1) is 11.2. The number of halogens is 1. The smallest absolute Gasteiger partial charge is 0.294 e. The Morgan fingerprint density at radius 1 is 0.917 bits per heavy atom. The van der Waals surface area contributed by atoms with Crippen LogP contribution in [-0.4, -0.2) is 17.4 Å². The third kappa shape index (κ3) is 5.48. The fraction of sp³-hybridized carbons (Fsp3) is 0.263. The number of carbonyl (C=O) groups excluding carboxylic acids is 2. The summed E-state index contributed by atoms with van der Waals surface area (Å²) in [4.78, 5) is 33.8. The maximum absolute atomic E-state index is 12.2. The lowest BCUT2D eigenvalue weighted by molar-refractivity contribution is -0.301. The summed E-state index contributed by atoms with van der Waals surface area (Å²) in [5.41, 5.74) is 1.20. The van der Waals surface area contributed by atoms with Crippen molar-refractivity contribution in [3.63, 3.8) is 0 Å². The largest absolute Gasteiger partial charge is 0.373 e. The maximum Gasteiger partial charge on any atom is 0.373 e. The molecule has 0 fully saturated rings. The van der Waals surface area contributed by atoms with E-state index >= 15 is 0 Å². The molecular formula is C19H19ClO4. The summed E-state index contributed by atoms with van der Waals surface area (Å²) in [5, 5.41) is 0.590. The van der Waals surface area contributed by atoms with Crippen LogP contribution in [0.2, 0.25) is 5.02 Å². The Kier molecular flexibility index (Phi) is 5.75. The molecule has 24 heavy (non-hydrogen) atoms. The van der Waals surface area contributed by atoms with Gasteiger partial charge in [0.05, 0.1) is 5.56 Å². The van der Waals surface area contributed by atoms with E-state index in [0.717, 1.165) is 5.56 Å². The Hall–Kier alpha value is -2.17. The van der Waals surface area contributed by atoms with E-state index in [2.05, 4.69) is 0 Å². The van der Waals surface area contributed by atoms with E-state index in [9.17, 15) is 9.59 Å². The molecule has 126 valence electrons. The summed E-state index contributed by atoms with van der Waals surface area (Å²) in [6, 6.07) is 13.4. The van der Waals surface area contributed by atoms with Crippen molar-refractivity contribution in [1.29, 1.82) is 0 Å². The third-order valence-corrected chi connectivity index (χ3v) is 3.34. The zero-order valence-corrected chi connectivity index (χ0v) is 14.6. The lowest BCUT2D eigenvalue weighted by Crippen LogP contribution is -2.21. The van der Waals surface area contributed by atoms with E-state index < -0.39 is 11.6 Å². The summed E-state index contributed by atoms with van der Waals surface area (Å²) in [7, 11) is 0. The van der Waals surface area contributed by atoms with Crippen LogP contribution in [0.5, 0.6) is 0 Å². The number of ketones is 1. The first-order valence-electron chi connectivity index (χ1n) is 7.52. The molecule has 0 aliphatic heterocycles. The van der Waals surface area contributed by atoms with Gasteiger partial charge in [-0.15, -0.1) is 0 Å². The predicted octanol–water partition coefficient (Wildman–Crippen LogP) is 4.65. The molecule has 0 amide bonds. The van der Waals surface area contributed by atoms with Gasteiger partial charge in [0.2, 0.25) is 0 Å². The zero-order valence-electron chi connectivity index (χ0n) is 13.8. The van der Waals surface area contributed by atoms with Crippen LogP contribution >= 0.6 is 11.6 Å². The second-order valence-corrected chi connectivity index (χ2v) is 6.81. The summed E-state index contributed by atoms with van der Waals surface area (Å²) in [6.45, 7) is 5.35. The van der Waals surface area contributed by atoms with Crippen molar-refractivity contribution in [3.05, 3.63) is 70.2 Å². The van der Waals surface area contributed by atoms with Crippen molar-refractivity contribution in [2.45, 2.75) is 32.8 Å². The summed E-state index contributed by atoms with van der Waals surface area (Å²) in [6.07, 6.45) is 0.245. The van der Waals surface area contributed by atoms with Gasteiger partial charge in [0.25, 0.3) is 0 Å². The Morgan fingerprint density at radius 3 is 2.00 bits per heavy atom. The lowest BCUT2D eigenvalue weighted by Gasteiger charge is -2.16. The van der Waals surface area contributed by atoms with Crippen molar-refractivity contribution < 1.29 is 19.4 Å². The number of carbonyl (C=O) groups is 2. The monoisotopic (exact) mass is 346 g/mol. The minimum Gasteiger partial charge on any atom is -0.294 e. The zero-order chi connectivity index (χ0) is 17.7. The van der Waals surface area contributed by atoms with E-state index in [4.69, 9.17) is 21.4 Å². The van der Waals surface area contributed by atoms with Gasteiger partial charge < -0.3 is 0 Å². The Balaban J connectivity index is 1.97. The quantitative estimate of drug-likeness (QED) is 0.449. The Labute approximate surface area is 146 Å².